The van der Waals surface area contributed by atoms with E-state index in [9.17, 15) is 4.39 Å². The summed E-state index contributed by atoms with van der Waals surface area (Å²) in [6.07, 6.45) is 7.70. The van der Waals surface area contributed by atoms with Crippen LogP contribution in [0, 0.1) is 18.2 Å². The van der Waals surface area contributed by atoms with Crippen molar-refractivity contribution in [3.63, 3.8) is 0 Å². The number of nitrogens with one attached hydrogen (secondary N) is 2. The molecule has 1 saturated heterocycles. The summed E-state index contributed by atoms with van der Waals surface area (Å²) in [4.78, 5) is 10.1. The fourth-order valence-corrected chi connectivity index (χ4v) is 2.20. The highest BCUT2D eigenvalue weighted by Gasteiger charge is 2.25. The molecule has 1 fully saturated rings. The SMILES string of the molecule is C#CCNC(=NC)NC1CCN(c2ncccc2F)C1.I. The van der Waals surface area contributed by atoms with Gasteiger partial charge < -0.3 is 15.5 Å². The Balaban J connectivity index is 0.00000220. The van der Waals surface area contributed by atoms with Crippen LogP contribution in [0.25, 0.3) is 0 Å². The fraction of sp³-hybridized carbons (Fsp3) is 0.429. The average molecular weight is 403 g/mol. The molecule has 1 aliphatic heterocycles. The molecule has 5 nitrogen and oxygen atoms in total. The first-order valence-electron chi connectivity index (χ1n) is 6.50. The summed E-state index contributed by atoms with van der Waals surface area (Å²) >= 11 is 0. The van der Waals surface area contributed by atoms with Crippen molar-refractivity contribution in [3.05, 3.63) is 24.1 Å². The Kier molecular flexibility index (Phi) is 7.22. The Morgan fingerprint density at radius 1 is 1.67 bits per heavy atom. The number of aliphatic imine (C=N–C) groups is 1. The molecule has 2 heterocycles. The van der Waals surface area contributed by atoms with Gasteiger partial charge in [0, 0.05) is 32.4 Å². The lowest BCUT2D eigenvalue weighted by atomic mass is 10.3. The highest BCUT2D eigenvalue weighted by Crippen LogP contribution is 2.20. The van der Waals surface area contributed by atoms with Crippen LogP contribution in [0.3, 0.4) is 0 Å². The zero-order valence-corrected chi connectivity index (χ0v) is 14.2. The van der Waals surface area contributed by atoms with Gasteiger partial charge in [0.2, 0.25) is 0 Å². The van der Waals surface area contributed by atoms with Gasteiger partial charge in [-0.1, -0.05) is 5.92 Å². The molecule has 0 aromatic carbocycles. The van der Waals surface area contributed by atoms with Crippen molar-refractivity contribution >= 4 is 35.8 Å². The Hall–Kier alpha value is -1.56. The molecule has 0 aliphatic carbocycles. The molecule has 1 aromatic rings. The molecule has 114 valence electrons. The molecular formula is C14H19FIN5. The summed E-state index contributed by atoms with van der Waals surface area (Å²) in [5.41, 5.74) is 0. The molecular weight excluding hydrogens is 384 g/mol. The van der Waals surface area contributed by atoms with E-state index < -0.39 is 0 Å². The number of anilines is 1. The molecule has 1 aliphatic rings. The summed E-state index contributed by atoms with van der Waals surface area (Å²) in [6.45, 7) is 1.87. The number of guanidine groups is 1. The van der Waals surface area contributed by atoms with Crippen molar-refractivity contribution in [2.24, 2.45) is 4.99 Å². The van der Waals surface area contributed by atoms with Crippen molar-refractivity contribution < 1.29 is 4.39 Å². The summed E-state index contributed by atoms with van der Waals surface area (Å²) in [7, 11) is 1.69. The lowest BCUT2D eigenvalue weighted by Gasteiger charge is -2.19. The van der Waals surface area contributed by atoms with E-state index >= 15 is 0 Å². The normalized spacial score (nSPS) is 17.9. The van der Waals surface area contributed by atoms with Crippen molar-refractivity contribution in [2.45, 2.75) is 12.5 Å². The molecule has 0 spiro atoms. The number of terminal acetylenes is 1. The van der Waals surface area contributed by atoms with Crippen LogP contribution in [0.5, 0.6) is 0 Å². The van der Waals surface area contributed by atoms with Crippen LogP contribution >= 0.6 is 24.0 Å². The molecule has 7 heteroatoms. The smallest absolute Gasteiger partial charge is 0.192 e. The highest BCUT2D eigenvalue weighted by molar-refractivity contribution is 14.0. The molecule has 0 saturated carbocycles. The Labute approximate surface area is 141 Å². The van der Waals surface area contributed by atoms with Gasteiger partial charge in [-0.05, 0) is 18.6 Å². The molecule has 1 aromatic heterocycles. The van der Waals surface area contributed by atoms with Gasteiger partial charge in [-0.15, -0.1) is 30.4 Å². The van der Waals surface area contributed by atoms with Crippen LogP contribution in [-0.4, -0.2) is 43.7 Å². The van der Waals surface area contributed by atoms with Gasteiger partial charge in [0.15, 0.2) is 17.6 Å². The van der Waals surface area contributed by atoms with Crippen LogP contribution in [0.2, 0.25) is 0 Å². The molecule has 0 amide bonds. The first-order chi connectivity index (χ1) is 9.74. The summed E-state index contributed by atoms with van der Waals surface area (Å²) in [6, 6.07) is 3.22. The van der Waals surface area contributed by atoms with Crippen LogP contribution in [0.15, 0.2) is 23.3 Å². The fourth-order valence-electron chi connectivity index (χ4n) is 2.20. The summed E-state index contributed by atoms with van der Waals surface area (Å²) < 4.78 is 13.7. The van der Waals surface area contributed by atoms with Crippen molar-refractivity contribution in [1.29, 1.82) is 0 Å². The first-order valence-corrected chi connectivity index (χ1v) is 6.50. The monoisotopic (exact) mass is 403 g/mol. The predicted octanol–water partition coefficient (Wildman–Crippen LogP) is 1.22. The molecule has 0 radical (unpaired) electrons. The number of hydrogen-bond donors (Lipinski definition) is 2. The molecule has 1 unspecified atom stereocenters. The van der Waals surface area contributed by atoms with Crippen molar-refractivity contribution in [2.75, 3.05) is 31.6 Å². The second-order valence-electron chi connectivity index (χ2n) is 4.51. The van der Waals surface area contributed by atoms with E-state index in [1.54, 1.807) is 19.3 Å². The van der Waals surface area contributed by atoms with Crippen molar-refractivity contribution in [1.82, 2.24) is 15.6 Å². The van der Waals surface area contributed by atoms with Gasteiger partial charge in [0.25, 0.3) is 0 Å². The van der Waals surface area contributed by atoms with Crippen LogP contribution in [-0.2, 0) is 0 Å². The Bertz CT molecular complexity index is 528. The third-order valence-corrected chi connectivity index (χ3v) is 3.15. The van der Waals surface area contributed by atoms with Gasteiger partial charge >= 0.3 is 0 Å². The van der Waals surface area contributed by atoms with Gasteiger partial charge in [-0.25, -0.2) is 9.37 Å². The van der Waals surface area contributed by atoms with Crippen LogP contribution in [0.1, 0.15) is 6.42 Å². The maximum atomic E-state index is 13.7. The number of pyridine rings is 1. The van der Waals surface area contributed by atoms with Gasteiger partial charge in [0.05, 0.1) is 6.54 Å². The van der Waals surface area contributed by atoms with Crippen LogP contribution in [0.4, 0.5) is 10.2 Å². The maximum Gasteiger partial charge on any atom is 0.192 e. The quantitative estimate of drug-likeness (QED) is 0.345. The Morgan fingerprint density at radius 2 is 2.48 bits per heavy atom. The van der Waals surface area contributed by atoms with Gasteiger partial charge in [0.1, 0.15) is 0 Å². The van der Waals surface area contributed by atoms with Crippen LogP contribution < -0.4 is 15.5 Å². The van der Waals surface area contributed by atoms with Gasteiger partial charge in [-0.2, -0.15) is 0 Å². The van der Waals surface area contributed by atoms with Gasteiger partial charge in [-0.3, -0.25) is 4.99 Å². The lowest BCUT2D eigenvalue weighted by molar-refractivity contribution is 0.613. The number of nitrogens with zero attached hydrogens (tertiary/aromatic N) is 3. The lowest BCUT2D eigenvalue weighted by Crippen LogP contribution is -2.44. The molecule has 2 N–H and O–H groups in total. The second-order valence-corrected chi connectivity index (χ2v) is 4.51. The molecule has 2 rings (SSSR count). The van der Waals surface area contributed by atoms with E-state index in [1.165, 1.54) is 6.07 Å². The topological polar surface area (TPSA) is 52.6 Å². The average Bonchev–Trinajstić information content (AvgIpc) is 2.92. The van der Waals surface area contributed by atoms with E-state index in [4.69, 9.17) is 6.42 Å². The van der Waals surface area contributed by atoms with Crippen molar-refractivity contribution in [3.8, 4) is 12.3 Å². The minimum atomic E-state index is -0.289. The number of aromatic nitrogens is 1. The largest absolute Gasteiger partial charge is 0.352 e. The first kappa shape index (κ1) is 17.5. The van der Waals surface area contributed by atoms with E-state index in [2.05, 4.69) is 26.5 Å². The Morgan fingerprint density at radius 3 is 3.14 bits per heavy atom. The minimum absolute atomic E-state index is 0. The van der Waals surface area contributed by atoms with E-state index in [0.717, 1.165) is 13.0 Å². The van der Waals surface area contributed by atoms with E-state index in [-0.39, 0.29) is 35.8 Å². The number of rotatable bonds is 3. The number of hydrogen-bond acceptors (Lipinski definition) is 3. The molecule has 1 atom stereocenters. The maximum absolute atomic E-state index is 13.7. The summed E-state index contributed by atoms with van der Waals surface area (Å²) in [5.74, 6) is 3.28. The summed E-state index contributed by atoms with van der Waals surface area (Å²) in [5, 5.41) is 6.28. The third kappa shape index (κ3) is 4.74. The highest BCUT2D eigenvalue weighted by atomic mass is 127. The zero-order valence-electron chi connectivity index (χ0n) is 11.8. The third-order valence-electron chi connectivity index (χ3n) is 3.15. The van der Waals surface area contributed by atoms with E-state index in [0.29, 0.717) is 24.9 Å². The number of halogens is 2. The predicted molar refractivity (Wildman–Crippen MR) is 93.6 cm³/mol. The minimum Gasteiger partial charge on any atom is -0.352 e. The van der Waals surface area contributed by atoms with E-state index in [1.807, 2.05) is 4.90 Å². The molecule has 21 heavy (non-hydrogen) atoms. The standard InChI is InChI=1S/C14H18FN5.HI/c1-3-7-18-14(16-2)19-11-6-9-20(10-11)13-12(15)5-4-8-17-13;/h1,4-5,8,11H,6-7,9-10H2,2H3,(H2,16,18,19);1H. The second kappa shape index (κ2) is 8.67. The zero-order chi connectivity index (χ0) is 14.4. The molecule has 0 bridgehead atoms.